The van der Waals surface area contributed by atoms with Gasteiger partial charge in [-0.05, 0) is 12.1 Å². The number of rotatable bonds is 5. The highest BCUT2D eigenvalue weighted by Crippen LogP contribution is 2.33. The zero-order valence-corrected chi connectivity index (χ0v) is 16.1. The predicted octanol–water partition coefficient (Wildman–Crippen LogP) is 2.18. The number of hydrogen-bond donors (Lipinski definition) is 0. The van der Waals surface area contributed by atoms with E-state index in [1.165, 1.54) is 4.31 Å². The van der Waals surface area contributed by atoms with Gasteiger partial charge < -0.3 is 9.30 Å². The van der Waals surface area contributed by atoms with Gasteiger partial charge in [0.1, 0.15) is 5.82 Å². The van der Waals surface area contributed by atoms with Crippen LogP contribution in [0.15, 0.2) is 48.9 Å². The lowest BCUT2D eigenvalue weighted by molar-refractivity contribution is 0.182. The molecule has 7 nitrogen and oxygen atoms in total. The molecule has 0 radical (unpaired) electrons. The third kappa shape index (κ3) is 3.36. The fourth-order valence-electron chi connectivity index (χ4n) is 3.56. The Bertz CT molecular complexity index is 1060. The van der Waals surface area contributed by atoms with Crippen molar-refractivity contribution in [3.63, 3.8) is 0 Å². The predicted molar refractivity (Wildman–Crippen MR) is 104 cm³/mol. The third-order valence-corrected chi connectivity index (χ3v) is 7.02. The summed E-state index contributed by atoms with van der Waals surface area (Å²) in [5, 5.41) is 1.02. The summed E-state index contributed by atoms with van der Waals surface area (Å²) in [6, 6.07) is 9.80. The Morgan fingerprint density at radius 1 is 1.15 bits per heavy atom. The zero-order chi connectivity index (χ0) is 19.0. The maximum absolute atomic E-state index is 12.4. The summed E-state index contributed by atoms with van der Waals surface area (Å²) in [6.45, 7) is 0.895. The molecule has 0 bridgehead atoms. The van der Waals surface area contributed by atoms with Crippen LogP contribution in [0.3, 0.4) is 0 Å². The molecule has 2 atom stereocenters. The molecular weight excluding hydrogens is 364 g/mol. The molecule has 0 amide bonds. The Balaban J connectivity index is 1.73. The fourth-order valence-corrected chi connectivity index (χ4v) is 4.72. The molecule has 27 heavy (non-hydrogen) atoms. The van der Waals surface area contributed by atoms with Crippen molar-refractivity contribution in [3.05, 3.63) is 48.9 Å². The Kier molecular flexibility index (Phi) is 4.71. The van der Waals surface area contributed by atoms with Crippen molar-refractivity contribution in [2.75, 3.05) is 33.1 Å². The summed E-state index contributed by atoms with van der Waals surface area (Å²) >= 11 is 0. The molecule has 0 spiro atoms. The van der Waals surface area contributed by atoms with Crippen molar-refractivity contribution >= 4 is 20.9 Å². The van der Waals surface area contributed by atoms with Crippen LogP contribution in [0, 0.1) is 5.92 Å². The summed E-state index contributed by atoms with van der Waals surface area (Å²) < 4.78 is 33.7. The second-order valence-electron chi connectivity index (χ2n) is 6.96. The molecule has 2 aromatic heterocycles. The van der Waals surface area contributed by atoms with Crippen molar-refractivity contribution in [2.45, 2.75) is 6.04 Å². The van der Waals surface area contributed by atoms with Crippen LogP contribution in [-0.2, 0) is 14.8 Å². The summed E-state index contributed by atoms with van der Waals surface area (Å²) in [6.07, 6.45) is 5.42. The van der Waals surface area contributed by atoms with E-state index in [0.29, 0.717) is 13.2 Å². The average Bonchev–Trinajstić information content (AvgIpc) is 3.29. The van der Waals surface area contributed by atoms with Gasteiger partial charge in [-0.1, -0.05) is 18.2 Å². The van der Waals surface area contributed by atoms with Crippen LogP contribution >= 0.6 is 0 Å². The molecule has 3 aromatic rings. The van der Waals surface area contributed by atoms with Gasteiger partial charge in [0.2, 0.25) is 10.0 Å². The number of hydrogen-bond acceptors (Lipinski definition) is 5. The largest absolute Gasteiger partial charge is 0.379 e. The smallest absolute Gasteiger partial charge is 0.214 e. The monoisotopic (exact) mass is 386 g/mol. The summed E-state index contributed by atoms with van der Waals surface area (Å²) in [7, 11) is -0.185. The first-order chi connectivity index (χ1) is 13.0. The number of aromatic nitrogens is 3. The highest BCUT2D eigenvalue weighted by atomic mass is 32.2. The van der Waals surface area contributed by atoms with Crippen LogP contribution < -0.4 is 0 Å². The lowest BCUT2D eigenvalue weighted by Crippen LogP contribution is -2.32. The van der Waals surface area contributed by atoms with Crippen molar-refractivity contribution in [3.8, 4) is 11.4 Å². The van der Waals surface area contributed by atoms with E-state index in [1.807, 2.05) is 41.1 Å². The van der Waals surface area contributed by atoms with Crippen molar-refractivity contribution < 1.29 is 13.2 Å². The minimum atomic E-state index is -3.31. The second-order valence-corrected chi connectivity index (χ2v) is 9.19. The van der Waals surface area contributed by atoms with Crippen LogP contribution in [0.5, 0.6) is 0 Å². The fraction of sp³-hybridized carbons (Fsp3) is 0.368. The Morgan fingerprint density at radius 2 is 2.00 bits per heavy atom. The van der Waals surface area contributed by atoms with Crippen molar-refractivity contribution in [1.29, 1.82) is 0 Å². The molecule has 142 valence electrons. The SMILES string of the molecule is CN(C)S(=O)(=O)C[C@@H]1COC[C@H]1n1ccnc1-c1cccc2ncccc12. The first-order valence-corrected chi connectivity index (χ1v) is 10.4. The van der Waals surface area contributed by atoms with Crippen molar-refractivity contribution in [2.24, 2.45) is 5.92 Å². The highest BCUT2D eigenvalue weighted by Gasteiger charge is 2.35. The number of nitrogens with zero attached hydrogens (tertiary/aromatic N) is 4. The van der Waals surface area contributed by atoms with E-state index in [4.69, 9.17) is 4.74 Å². The van der Waals surface area contributed by atoms with Gasteiger partial charge in [-0.15, -0.1) is 0 Å². The molecule has 1 saturated heterocycles. The first-order valence-electron chi connectivity index (χ1n) is 8.82. The van der Waals surface area contributed by atoms with Crippen LogP contribution in [0.4, 0.5) is 0 Å². The molecule has 0 N–H and O–H groups in total. The number of fused-ring (bicyclic) bond motifs is 1. The molecule has 0 unspecified atom stereocenters. The lowest BCUT2D eigenvalue weighted by atomic mass is 10.0. The van der Waals surface area contributed by atoms with Crippen LogP contribution in [0.25, 0.3) is 22.3 Å². The van der Waals surface area contributed by atoms with Gasteiger partial charge in [-0.3, -0.25) is 4.98 Å². The number of pyridine rings is 1. The van der Waals surface area contributed by atoms with Crippen LogP contribution in [0.1, 0.15) is 6.04 Å². The third-order valence-electron chi connectivity index (χ3n) is 5.06. The van der Waals surface area contributed by atoms with E-state index in [9.17, 15) is 8.42 Å². The average molecular weight is 386 g/mol. The van der Waals surface area contributed by atoms with Gasteiger partial charge >= 0.3 is 0 Å². The van der Waals surface area contributed by atoms with E-state index in [1.54, 1.807) is 26.5 Å². The number of imidazole rings is 1. The molecular formula is C19H22N4O3S. The maximum Gasteiger partial charge on any atom is 0.214 e. The standard InChI is InChI=1S/C19H22N4O3S/c1-22(2)27(24,25)13-14-11-26-12-18(14)23-10-9-21-19(23)16-5-3-7-17-15(16)6-4-8-20-17/h3-10,14,18H,11-13H2,1-2H3/t14-,18+/m0/s1. The Labute approximate surface area is 158 Å². The molecule has 1 aliphatic heterocycles. The normalized spacial score (nSPS) is 20.6. The van der Waals surface area contributed by atoms with Crippen LogP contribution in [0.2, 0.25) is 0 Å². The van der Waals surface area contributed by atoms with Gasteiger partial charge in [0.25, 0.3) is 0 Å². The summed E-state index contributed by atoms with van der Waals surface area (Å²) in [5.41, 5.74) is 1.88. The number of ether oxygens (including phenoxy) is 1. The van der Waals surface area contributed by atoms with Gasteiger partial charge in [0.05, 0.1) is 30.5 Å². The van der Waals surface area contributed by atoms with E-state index < -0.39 is 10.0 Å². The molecule has 1 fully saturated rings. The van der Waals surface area contributed by atoms with E-state index in [-0.39, 0.29) is 17.7 Å². The zero-order valence-electron chi connectivity index (χ0n) is 15.3. The summed E-state index contributed by atoms with van der Waals surface area (Å²) in [5.74, 6) is 0.731. The molecule has 3 heterocycles. The van der Waals surface area contributed by atoms with Gasteiger partial charge in [-0.2, -0.15) is 0 Å². The van der Waals surface area contributed by atoms with Crippen molar-refractivity contribution in [1.82, 2.24) is 18.8 Å². The molecule has 1 aromatic carbocycles. The maximum atomic E-state index is 12.4. The molecule has 1 aliphatic rings. The van der Waals surface area contributed by atoms with Crippen LogP contribution in [-0.4, -0.2) is 60.3 Å². The molecule has 0 aliphatic carbocycles. The van der Waals surface area contributed by atoms with Gasteiger partial charge in [0.15, 0.2) is 0 Å². The molecule has 0 saturated carbocycles. The number of benzene rings is 1. The first kappa shape index (κ1) is 18.1. The second kappa shape index (κ2) is 7.03. The van der Waals surface area contributed by atoms with E-state index >= 15 is 0 Å². The molecule has 8 heteroatoms. The highest BCUT2D eigenvalue weighted by molar-refractivity contribution is 7.89. The minimum Gasteiger partial charge on any atom is -0.379 e. The minimum absolute atomic E-state index is 0.0549. The quantitative estimate of drug-likeness (QED) is 0.672. The Morgan fingerprint density at radius 3 is 2.81 bits per heavy atom. The van der Waals surface area contributed by atoms with E-state index in [2.05, 4.69) is 9.97 Å². The Hall–Kier alpha value is -2.29. The molecule has 4 rings (SSSR count). The van der Waals surface area contributed by atoms with Gasteiger partial charge in [0, 0.05) is 49.6 Å². The van der Waals surface area contributed by atoms with E-state index in [0.717, 1.165) is 22.3 Å². The summed E-state index contributed by atoms with van der Waals surface area (Å²) in [4.78, 5) is 8.98. The topological polar surface area (TPSA) is 77.3 Å². The lowest BCUT2D eigenvalue weighted by Gasteiger charge is -2.23. The number of sulfonamides is 1. The van der Waals surface area contributed by atoms with Gasteiger partial charge in [-0.25, -0.2) is 17.7 Å².